The third-order valence-electron chi connectivity index (χ3n) is 4.28. The van der Waals surface area contributed by atoms with Crippen LogP contribution < -0.4 is 11.1 Å². The Morgan fingerprint density at radius 3 is 2.50 bits per heavy atom. The molecule has 0 aromatic heterocycles. The van der Waals surface area contributed by atoms with Gasteiger partial charge in [-0.1, -0.05) is 11.6 Å². The van der Waals surface area contributed by atoms with Crippen LogP contribution in [0.25, 0.3) is 0 Å². The van der Waals surface area contributed by atoms with Crippen molar-refractivity contribution in [2.75, 3.05) is 20.1 Å². The number of amidine groups is 1. The van der Waals surface area contributed by atoms with E-state index in [4.69, 9.17) is 10.9 Å². The molecule has 6 heteroatoms. The summed E-state index contributed by atoms with van der Waals surface area (Å²) in [7, 11) is 2.03. The molecular weight excluding hydrogens is 232 g/mol. The summed E-state index contributed by atoms with van der Waals surface area (Å²) in [5, 5.41) is 15.1. The smallest absolute Gasteiger partial charge is 0.223 e. The van der Waals surface area contributed by atoms with Gasteiger partial charge in [0.2, 0.25) is 5.91 Å². The largest absolute Gasteiger partial charge is 0.409 e. The second kappa shape index (κ2) is 5.14. The van der Waals surface area contributed by atoms with Crippen molar-refractivity contribution in [1.29, 1.82) is 0 Å². The van der Waals surface area contributed by atoms with Crippen molar-refractivity contribution >= 4 is 11.7 Å². The Bertz CT molecular complexity index is 344. The second-order valence-electron chi connectivity index (χ2n) is 5.49. The summed E-state index contributed by atoms with van der Waals surface area (Å²) in [6, 6.07) is 0. The van der Waals surface area contributed by atoms with Crippen LogP contribution in [0.4, 0.5) is 0 Å². The van der Waals surface area contributed by atoms with Gasteiger partial charge in [0, 0.05) is 19.0 Å². The SMILES string of the molecule is CN1CCC(NC(=O)C2CCC2)(/C(N)=N/O)CC1. The zero-order valence-electron chi connectivity index (χ0n) is 10.9. The van der Waals surface area contributed by atoms with Crippen LogP contribution in [0.3, 0.4) is 0 Å². The Morgan fingerprint density at radius 1 is 1.44 bits per heavy atom. The molecule has 18 heavy (non-hydrogen) atoms. The van der Waals surface area contributed by atoms with Crippen molar-refractivity contribution < 1.29 is 10.0 Å². The zero-order chi connectivity index (χ0) is 13.2. The quantitative estimate of drug-likeness (QED) is 0.288. The molecule has 0 radical (unpaired) electrons. The fraction of sp³-hybridized carbons (Fsp3) is 0.833. The molecule has 2 aliphatic rings. The molecule has 1 aliphatic carbocycles. The van der Waals surface area contributed by atoms with Gasteiger partial charge in [0.25, 0.3) is 0 Å². The van der Waals surface area contributed by atoms with Crippen LogP contribution >= 0.6 is 0 Å². The van der Waals surface area contributed by atoms with Gasteiger partial charge in [0.15, 0.2) is 5.84 Å². The molecule has 6 nitrogen and oxygen atoms in total. The summed E-state index contributed by atoms with van der Waals surface area (Å²) < 4.78 is 0. The van der Waals surface area contributed by atoms with Crippen molar-refractivity contribution in [2.24, 2.45) is 16.8 Å². The molecule has 1 saturated carbocycles. The zero-order valence-corrected chi connectivity index (χ0v) is 10.9. The van der Waals surface area contributed by atoms with Gasteiger partial charge in [-0.25, -0.2) is 0 Å². The summed E-state index contributed by atoms with van der Waals surface area (Å²) >= 11 is 0. The number of nitrogens with zero attached hydrogens (tertiary/aromatic N) is 2. The molecular formula is C12H22N4O2. The second-order valence-corrected chi connectivity index (χ2v) is 5.49. The number of carbonyl (C=O) groups is 1. The third kappa shape index (κ3) is 2.43. The fourth-order valence-electron chi connectivity index (χ4n) is 2.55. The van der Waals surface area contributed by atoms with Crippen LogP contribution in [0, 0.1) is 5.92 Å². The van der Waals surface area contributed by atoms with E-state index < -0.39 is 5.54 Å². The monoisotopic (exact) mass is 254 g/mol. The summed E-state index contributed by atoms with van der Waals surface area (Å²) in [6.45, 7) is 1.67. The predicted octanol–water partition coefficient (Wildman–Crippen LogP) is 0.114. The van der Waals surface area contributed by atoms with Crippen LogP contribution in [-0.2, 0) is 4.79 Å². The van der Waals surface area contributed by atoms with E-state index in [2.05, 4.69) is 15.4 Å². The first-order chi connectivity index (χ1) is 8.57. The molecule has 2 rings (SSSR count). The van der Waals surface area contributed by atoms with Crippen molar-refractivity contribution in [2.45, 2.75) is 37.6 Å². The lowest BCUT2D eigenvalue weighted by Crippen LogP contribution is -2.63. The van der Waals surface area contributed by atoms with E-state index in [0.717, 1.165) is 32.4 Å². The van der Waals surface area contributed by atoms with E-state index in [0.29, 0.717) is 12.8 Å². The van der Waals surface area contributed by atoms with Crippen molar-refractivity contribution in [3.63, 3.8) is 0 Å². The minimum atomic E-state index is -0.659. The molecule has 0 unspecified atom stereocenters. The van der Waals surface area contributed by atoms with E-state index in [9.17, 15) is 4.79 Å². The average Bonchev–Trinajstić information content (AvgIpc) is 2.29. The molecule has 1 amide bonds. The molecule has 0 atom stereocenters. The van der Waals surface area contributed by atoms with E-state index in [1.54, 1.807) is 0 Å². The predicted molar refractivity (Wildman–Crippen MR) is 68.4 cm³/mol. The standard InChI is InChI=1S/C12H22N4O2/c1-16-7-5-12(6-8-16,11(13)15-18)14-10(17)9-3-2-4-9/h9,18H,2-8H2,1H3,(H2,13,15)(H,14,17). The average molecular weight is 254 g/mol. The van der Waals surface area contributed by atoms with Gasteiger partial charge in [-0.15, -0.1) is 0 Å². The Labute approximate surface area is 107 Å². The van der Waals surface area contributed by atoms with Gasteiger partial charge in [-0.2, -0.15) is 0 Å². The van der Waals surface area contributed by atoms with Crippen LogP contribution in [0.15, 0.2) is 5.16 Å². The maximum absolute atomic E-state index is 12.1. The summed E-state index contributed by atoms with van der Waals surface area (Å²) in [5.41, 5.74) is 5.14. The number of nitrogens with two attached hydrogens (primary N) is 1. The lowest BCUT2D eigenvalue weighted by Gasteiger charge is -2.41. The molecule has 0 aromatic rings. The molecule has 102 valence electrons. The Hall–Kier alpha value is -1.30. The Morgan fingerprint density at radius 2 is 2.06 bits per heavy atom. The fourth-order valence-corrected chi connectivity index (χ4v) is 2.55. The summed E-state index contributed by atoms with van der Waals surface area (Å²) in [6.07, 6.45) is 4.42. The highest BCUT2D eigenvalue weighted by atomic mass is 16.4. The molecule has 2 fully saturated rings. The van der Waals surface area contributed by atoms with Crippen molar-refractivity contribution in [3.8, 4) is 0 Å². The van der Waals surface area contributed by atoms with Gasteiger partial charge >= 0.3 is 0 Å². The van der Waals surface area contributed by atoms with Gasteiger partial charge in [-0.3, -0.25) is 4.79 Å². The van der Waals surface area contributed by atoms with Crippen LogP contribution in [-0.4, -0.2) is 47.5 Å². The first kappa shape index (κ1) is 13.1. The summed E-state index contributed by atoms with van der Waals surface area (Å²) in [5.74, 6) is 0.300. The molecule has 0 bridgehead atoms. The number of hydrogen-bond donors (Lipinski definition) is 3. The number of rotatable bonds is 3. The van der Waals surface area contributed by atoms with E-state index in [-0.39, 0.29) is 17.7 Å². The maximum Gasteiger partial charge on any atom is 0.223 e. The summed E-state index contributed by atoms with van der Waals surface area (Å²) in [4.78, 5) is 14.3. The van der Waals surface area contributed by atoms with Crippen molar-refractivity contribution in [1.82, 2.24) is 10.2 Å². The molecule has 0 spiro atoms. The number of piperidine rings is 1. The van der Waals surface area contributed by atoms with Crippen LogP contribution in [0.5, 0.6) is 0 Å². The minimum Gasteiger partial charge on any atom is -0.409 e. The third-order valence-corrected chi connectivity index (χ3v) is 4.28. The lowest BCUT2D eigenvalue weighted by molar-refractivity contribution is -0.129. The molecule has 0 aromatic carbocycles. The molecule has 1 saturated heterocycles. The topological polar surface area (TPSA) is 91.0 Å². The van der Waals surface area contributed by atoms with Crippen LogP contribution in [0.2, 0.25) is 0 Å². The number of likely N-dealkylation sites (tertiary alicyclic amines) is 1. The highest BCUT2D eigenvalue weighted by Gasteiger charge is 2.41. The van der Waals surface area contributed by atoms with E-state index >= 15 is 0 Å². The highest BCUT2D eigenvalue weighted by Crippen LogP contribution is 2.29. The normalized spacial score (nSPS) is 25.5. The number of nitrogens with one attached hydrogen (secondary N) is 1. The first-order valence-corrected chi connectivity index (χ1v) is 6.56. The van der Waals surface area contributed by atoms with Gasteiger partial charge in [0.05, 0.1) is 0 Å². The van der Waals surface area contributed by atoms with Gasteiger partial charge < -0.3 is 21.2 Å². The number of hydrogen-bond acceptors (Lipinski definition) is 4. The Balaban J connectivity index is 2.07. The minimum absolute atomic E-state index is 0.0532. The van der Waals surface area contributed by atoms with Gasteiger partial charge in [-0.05, 0) is 32.7 Å². The number of oxime groups is 1. The first-order valence-electron chi connectivity index (χ1n) is 6.56. The molecule has 4 N–H and O–H groups in total. The molecule has 1 aliphatic heterocycles. The van der Waals surface area contributed by atoms with Crippen molar-refractivity contribution in [3.05, 3.63) is 0 Å². The van der Waals surface area contributed by atoms with E-state index in [1.807, 2.05) is 7.05 Å². The lowest BCUT2D eigenvalue weighted by atomic mass is 9.81. The Kier molecular flexibility index (Phi) is 3.75. The number of amides is 1. The highest BCUT2D eigenvalue weighted by molar-refractivity contribution is 5.94. The number of carbonyl (C=O) groups excluding carboxylic acids is 1. The van der Waals surface area contributed by atoms with Gasteiger partial charge in [0.1, 0.15) is 5.54 Å². The maximum atomic E-state index is 12.1. The van der Waals surface area contributed by atoms with E-state index in [1.165, 1.54) is 0 Å². The molecule has 1 heterocycles. The van der Waals surface area contributed by atoms with Crippen LogP contribution in [0.1, 0.15) is 32.1 Å².